The van der Waals surface area contributed by atoms with E-state index < -0.39 is 0 Å². The highest BCUT2D eigenvalue weighted by atomic mass is 15.2. The van der Waals surface area contributed by atoms with Gasteiger partial charge < -0.3 is 23.5 Å². The van der Waals surface area contributed by atoms with Crippen molar-refractivity contribution in [1.29, 1.82) is 0 Å². The van der Waals surface area contributed by atoms with E-state index >= 15 is 0 Å². The molecule has 0 unspecified atom stereocenters. The van der Waals surface area contributed by atoms with Crippen molar-refractivity contribution in [3.63, 3.8) is 0 Å². The summed E-state index contributed by atoms with van der Waals surface area (Å²) < 4.78 is 6.57. The fraction of sp³-hybridized carbons (Fsp3) is 0.194. The van der Waals surface area contributed by atoms with E-state index in [1.807, 2.05) is 18.2 Å². The normalized spacial score (nSPS) is 11.8. The van der Waals surface area contributed by atoms with Gasteiger partial charge >= 0.3 is 0 Å². The molecule has 44 heavy (non-hydrogen) atoms. The van der Waals surface area contributed by atoms with Crippen molar-refractivity contribution in [2.45, 2.75) is 26.2 Å². The predicted octanol–water partition coefficient (Wildman–Crippen LogP) is 6.52. The summed E-state index contributed by atoms with van der Waals surface area (Å²) in [4.78, 5) is 19.6. The SMILES string of the molecule is Cn1c(CN(/C=C/N(Cc2nc3ccccc3n2C)Cc2nc3ccccc3n2C)Cc2ccccc2)nc2ccccc21. The Morgan fingerprint density at radius 3 is 1.18 bits per heavy atom. The average Bonchev–Trinajstić information content (AvgIpc) is 3.66. The smallest absolute Gasteiger partial charge is 0.129 e. The molecule has 8 nitrogen and oxygen atoms in total. The highest BCUT2D eigenvalue weighted by molar-refractivity contribution is 5.77. The van der Waals surface area contributed by atoms with Gasteiger partial charge in [0.15, 0.2) is 0 Å². The summed E-state index contributed by atoms with van der Waals surface area (Å²) in [7, 11) is 6.28. The summed E-state index contributed by atoms with van der Waals surface area (Å²) in [5.41, 5.74) is 7.65. The number of hydrogen-bond donors (Lipinski definition) is 0. The van der Waals surface area contributed by atoms with Crippen LogP contribution in [-0.2, 0) is 47.3 Å². The van der Waals surface area contributed by atoms with E-state index in [1.54, 1.807) is 0 Å². The van der Waals surface area contributed by atoms with Gasteiger partial charge in [-0.3, -0.25) is 0 Å². The predicted molar refractivity (Wildman–Crippen MR) is 176 cm³/mol. The quantitative estimate of drug-likeness (QED) is 0.184. The molecule has 0 saturated heterocycles. The Kier molecular flexibility index (Phi) is 7.32. The zero-order valence-electron chi connectivity index (χ0n) is 25.4. The van der Waals surface area contributed by atoms with Gasteiger partial charge in [-0.1, -0.05) is 66.7 Å². The summed E-state index contributed by atoms with van der Waals surface area (Å²) in [6.07, 6.45) is 4.38. The number of imidazole rings is 3. The summed E-state index contributed by atoms with van der Waals surface area (Å²) >= 11 is 0. The summed E-state index contributed by atoms with van der Waals surface area (Å²) in [5, 5.41) is 0. The molecule has 220 valence electrons. The lowest BCUT2D eigenvalue weighted by Gasteiger charge is -2.24. The first-order valence-electron chi connectivity index (χ1n) is 14.9. The third-order valence-corrected chi connectivity index (χ3v) is 8.39. The van der Waals surface area contributed by atoms with Crippen molar-refractivity contribution in [3.05, 3.63) is 139 Å². The molecule has 8 heteroatoms. The molecule has 7 rings (SSSR count). The molecule has 0 aliphatic carbocycles. The zero-order chi connectivity index (χ0) is 30.0. The van der Waals surface area contributed by atoms with Crippen molar-refractivity contribution >= 4 is 33.1 Å². The lowest BCUT2D eigenvalue weighted by atomic mass is 10.2. The van der Waals surface area contributed by atoms with Crippen molar-refractivity contribution in [2.24, 2.45) is 21.1 Å². The molecule has 0 aliphatic rings. The molecular formula is C36H36N8. The van der Waals surface area contributed by atoms with E-state index in [2.05, 4.69) is 142 Å². The Balaban J connectivity index is 1.24. The van der Waals surface area contributed by atoms with Crippen molar-refractivity contribution in [1.82, 2.24) is 38.5 Å². The van der Waals surface area contributed by atoms with Gasteiger partial charge in [0.25, 0.3) is 0 Å². The minimum Gasteiger partial charge on any atom is -0.364 e. The standard InChI is InChI=1S/C36H36N8/c1-40-31-18-10-7-15-28(31)37-34(40)24-43(23-27-13-5-4-6-14-27)21-22-44(25-35-38-29-16-8-11-19-32(29)41(35)2)26-36-39-30-17-9-12-20-33(30)42(36)3/h4-22H,23-26H2,1-3H3/b22-21+. The average molecular weight is 581 g/mol. The van der Waals surface area contributed by atoms with E-state index in [0.29, 0.717) is 19.6 Å². The van der Waals surface area contributed by atoms with E-state index in [9.17, 15) is 0 Å². The monoisotopic (exact) mass is 580 g/mol. The summed E-state index contributed by atoms with van der Waals surface area (Å²) in [6.45, 7) is 2.70. The number of rotatable bonds is 10. The topological polar surface area (TPSA) is 59.9 Å². The van der Waals surface area contributed by atoms with Gasteiger partial charge in [-0.15, -0.1) is 0 Å². The summed E-state index contributed by atoms with van der Waals surface area (Å²) in [5.74, 6) is 3.02. The van der Waals surface area contributed by atoms with Crippen molar-refractivity contribution < 1.29 is 0 Å². The number of hydrogen-bond acceptors (Lipinski definition) is 5. The van der Waals surface area contributed by atoms with Crippen LogP contribution in [0.4, 0.5) is 0 Å². The Morgan fingerprint density at radius 2 is 0.795 bits per heavy atom. The van der Waals surface area contributed by atoms with Crippen molar-refractivity contribution in [3.8, 4) is 0 Å². The molecule has 0 radical (unpaired) electrons. The first kappa shape index (κ1) is 27.5. The number of aryl methyl sites for hydroxylation is 3. The van der Waals surface area contributed by atoms with E-state index in [1.165, 1.54) is 5.56 Å². The molecule has 4 aromatic carbocycles. The van der Waals surface area contributed by atoms with Gasteiger partial charge in [0.1, 0.15) is 17.5 Å². The molecule has 0 aliphatic heterocycles. The molecule has 0 spiro atoms. The van der Waals surface area contributed by atoms with Crippen LogP contribution in [0, 0.1) is 0 Å². The molecule has 0 bridgehead atoms. The van der Waals surface area contributed by atoms with Crippen LogP contribution in [0.15, 0.2) is 116 Å². The Hall–Kier alpha value is -5.37. The van der Waals surface area contributed by atoms with Gasteiger partial charge in [0, 0.05) is 40.1 Å². The van der Waals surface area contributed by atoms with Crippen LogP contribution in [0.3, 0.4) is 0 Å². The van der Waals surface area contributed by atoms with Crippen LogP contribution in [0.2, 0.25) is 0 Å². The minimum atomic E-state index is 0.635. The molecule has 7 aromatic rings. The largest absolute Gasteiger partial charge is 0.364 e. The first-order valence-corrected chi connectivity index (χ1v) is 14.9. The second-order valence-electron chi connectivity index (χ2n) is 11.3. The molecule has 0 N–H and O–H groups in total. The second kappa shape index (κ2) is 11.7. The van der Waals surface area contributed by atoms with Crippen LogP contribution in [0.1, 0.15) is 23.0 Å². The second-order valence-corrected chi connectivity index (χ2v) is 11.3. The highest BCUT2D eigenvalue weighted by Gasteiger charge is 2.16. The van der Waals surface area contributed by atoms with Crippen LogP contribution >= 0.6 is 0 Å². The Morgan fingerprint density at radius 1 is 0.455 bits per heavy atom. The molecule has 0 fully saturated rings. The number of benzene rings is 4. The number of para-hydroxylation sites is 6. The molecule has 3 aromatic heterocycles. The van der Waals surface area contributed by atoms with Gasteiger partial charge in [-0.2, -0.15) is 0 Å². The lowest BCUT2D eigenvalue weighted by molar-refractivity contribution is 0.306. The number of fused-ring (bicyclic) bond motifs is 3. The van der Waals surface area contributed by atoms with Gasteiger partial charge in [0.05, 0.1) is 52.7 Å². The summed E-state index contributed by atoms with van der Waals surface area (Å²) in [6, 6.07) is 35.5. The van der Waals surface area contributed by atoms with Gasteiger partial charge in [-0.25, -0.2) is 15.0 Å². The Bertz CT molecular complexity index is 2000. The van der Waals surface area contributed by atoms with Crippen LogP contribution in [0.25, 0.3) is 33.1 Å². The minimum absolute atomic E-state index is 0.635. The maximum Gasteiger partial charge on any atom is 0.129 e. The van der Waals surface area contributed by atoms with Crippen LogP contribution < -0.4 is 0 Å². The maximum absolute atomic E-state index is 4.99. The third kappa shape index (κ3) is 5.42. The van der Waals surface area contributed by atoms with Crippen LogP contribution in [0.5, 0.6) is 0 Å². The fourth-order valence-electron chi connectivity index (χ4n) is 5.88. The van der Waals surface area contributed by atoms with E-state index in [0.717, 1.165) is 57.1 Å². The molecule has 0 amide bonds. The Labute approximate surface area is 257 Å². The van der Waals surface area contributed by atoms with Gasteiger partial charge in [0.2, 0.25) is 0 Å². The van der Waals surface area contributed by atoms with Crippen molar-refractivity contribution in [2.75, 3.05) is 0 Å². The first-order chi connectivity index (χ1) is 21.5. The van der Waals surface area contributed by atoms with E-state index in [4.69, 9.17) is 15.0 Å². The third-order valence-electron chi connectivity index (χ3n) is 8.39. The zero-order valence-corrected chi connectivity index (χ0v) is 25.4. The molecular weight excluding hydrogens is 544 g/mol. The van der Waals surface area contributed by atoms with Crippen LogP contribution in [-0.4, -0.2) is 38.5 Å². The molecule has 0 atom stereocenters. The number of nitrogens with zero attached hydrogens (tertiary/aromatic N) is 8. The highest BCUT2D eigenvalue weighted by Crippen LogP contribution is 2.21. The number of aromatic nitrogens is 6. The molecule has 3 heterocycles. The maximum atomic E-state index is 4.99. The molecule has 0 saturated carbocycles. The van der Waals surface area contributed by atoms with E-state index in [-0.39, 0.29) is 0 Å². The fourth-order valence-corrected chi connectivity index (χ4v) is 5.88. The lowest BCUT2D eigenvalue weighted by Crippen LogP contribution is -2.24. The van der Waals surface area contributed by atoms with Gasteiger partial charge in [-0.05, 0) is 42.0 Å².